The van der Waals surface area contributed by atoms with Crippen molar-refractivity contribution in [1.82, 2.24) is 19.6 Å². The van der Waals surface area contributed by atoms with Gasteiger partial charge in [0.05, 0.1) is 32.8 Å². The molecule has 1 aromatic rings. The Morgan fingerprint density at radius 3 is 2.30 bits per heavy atom. The number of hydrogen-bond donors (Lipinski definition) is 0. The van der Waals surface area contributed by atoms with Gasteiger partial charge in [-0.3, -0.25) is 19.4 Å². The van der Waals surface area contributed by atoms with Gasteiger partial charge in [0.15, 0.2) is 0 Å². The largest absolute Gasteiger partial charge is 0.464 e. The van der Waals surface area contributed by atoms with Crippen molar-refractivity contribution in [3.63, 3.8) is 0 Å². The Hall–Kier alpha value is -1.90. The Kier molecular flexibility index (Phi) is 6.87. The molecule has 2 saturated heterocycles. The lowest BCUT2D eigenvalue weighted by Gasteiger charge is -2.36. The molecule has 1 aromatic heterocycles. The Bertz CT molecular complexity index is 633. The maximum absolute atomic E-state index is 12.4. The minimum Gasteiger partial charge on any atom is -0.464 e. The molecule has 27 heavy (non-hydrogen) atoms. The van der Waals surface area contributed by atoms with Crippen molar-refractivity contribution in [1.29, 1.82) is 0 Å². The summed E-state index contributed by atoms with van der Waals surface area (Å²) < 4.78 is 10.9. The van der Waals surface area contributed by atoms with Crippen LogP contribution in [0.25, 0.3) is 0 Å². The van der Waals surface area contributed by atoms with Crippen molar-refractivity contribution >= 4 is 11.8 Å². The molecule has 0 radical (unpaired) electrons. The molecule has 0 bridgehead atoms. The third-order valence-corrected chi connectivity index (χ3v) is 5.16. The Labute approximate surface area is 160 Å². The van der Waals surface area contributed by atoms with E-state index in [2.05, 4.69) is 9.80 Å². The van der Waals surface area contributed by atoms with Crippen LogP contribution in [0.4, 0.5) is 0 Å². The summed E-state index contributed by atoms with van der Waals surface area (Å²) in [4.78, 5) is 32.8. The van der Waals surface area contributed by atoms with Crippen LogP contribution in [0, 0.1) is 6.92 Å². The molecule has 0 spiro atoms. The van der Waals surface area contributed by atoms with Gasteiger partial charge in [0.25, 0.3) is 0 Å². The lowest BCUT2D eigenvalue weighted by atomic mass is 10.3. The quantitative estimate of drug-likeness (QED) is 0.695. The van der Waals surface area contributed by atoms with Crippen LogP contribution < -0.4 is 0 Å². The van der Waals surface area contributed by atoms with Crippen molar-refractivity contribution < 1.29 is 18.7 Å². The molecule has 2 fully saturated rings. The zero-order chi connectivity index (χ0) is 19.2. The van der Waals surface area contributed by atoms with E-state index in [1.54, 1.807) is 11.9 Å². The number of carbonyl (C=O) groups is 2. The average molecular weight is 378 g/mol. The summed E-state index contributed by atoms with van der Waals surface area (Å²) >= 11 is 0. The van der Waals surface area contributed by atoms with Gasteiger partial charge >= 0.3 is 0 Å². The van der Waals surface area contributed by atoms with Crippen LogP contribution in [0.2, 0.25) is 0 Å². The summed E-state index contributed by atoms with van der Waals surface area (Å²) in [6.45, 7) is 9.08. The van der Waals surface area contributed by atoms with Gasteiger partial charge in [-0.05, 0) is 19.1 Å². The van der Waals surface area contributed by atoms with Crippen molar-refractivity contribution in [2.24, 2.45) is 0 Å². The zero-order valence-electron chi connectivity index (χ0n) is 16.4. The number of hydrogen-bond acceptors (Lipinski definition) is 6. The molecule has 0 N–H and O–H groups in total. The first-order valence-corrected chi connectivity index (χ1v) is 9.61. The number of amides is 2. The third kappa shape index (κ3) is 5.79. The molecule has 8 nitrogen and oxygen atoms in total. The van der Waals surface area contributed by atoms with Crippen molar-refractivity contribution in [2.45, 2.75) is 13.5 Å². The summed E-state index contributed by atoms with van der Waals surface area (Å²) in [5, 5.41) is 0. The van der Waals surface area contributed by atoms with Gasteiger partial charge in [-0.1, -0.05) is 0 Å². The molecule has 0 aliphatic carbocycles. The second-order valence-electron chi connectivity index (χ2n) is 7.31. The molecule has 2 aliphatic heterocycles. The molecule has 2 aliphatic rings. The number of morpholine rings is 1. The number of piperazine rings is 1. The Morgan fingerprint density at radius 1 is 1.00 bits per heavy atom. The molecule has 0 aromatic carbocycles. The van der Waals surface area contributed by atoms with E-state index in [4.69, 9.17) is 9.15 Å². The van der Waals surface area contributed by atoms with E-state index < -0.39 is 0 Å². The fraction of sp³-hybridized carbons (Fsp3) is 0.684. The molecule has 0 saturated carbocycles. The number of furan rings is 1. The highest BCUT2D eigenvalue weighted by atomic mass is 16.5. The predicted molar refractivity (Wildman–Crippen MR) is 100 cm³/mol. The first-order valence-electron chi connectivity index (χ1n) is 9.61. The second-order valence-corrected chi connectivity index (χ2v) is 7.31. The summed E-state index contributed by atoms with van der Waals surface area (Å²) in [7, 11) is 1.79. The number of likely N-dealkylation sites (N-methyl/N-ethyl adjacent to an activating group) is 1. The SMILES string of the molecule is Cc1ccc(CN(C)C(=O)CN2CCN(C(=O)CN3CCOCC3)CC2)o1. The lowest BCUT2D eigenvalue weighted by molar-refractivity contribution is -0.136. The summed E-state index contributed by atoms with van der Waals surface area (Å²) in [6.07, 6.45) is 0. The van der Waals surface area contributed by atoms with Gasteiger partial charge in [0.1, 0.15) is 11.5 Å². The molecule has 3 heterocycles. The number of aryl methyl sites for hydroxylation is 1. The van der Waals surface area contributed by atoms with E-state index >= 15 is 0 Å². The van der Waals surface area contributed by atoms with Crippen LogP contribution >= 0.6 is 0 Å². The van der Waals surface area contributed by atoms with E-state index in [0.717, 1.165) is 37.7 Å². The molecule has 0 atom stereocenters. The normalized spacial score (nSPS) is 19.3. The third-order valence-electron chi connectivity index (χ3n) is 5.16. The zero-order valence-corrected chi connectivity index (χ0v) is 16.4. The number of carbonyl (C=O) groups excluding carboxylic acids is 2. The number of nitrogens with zero attached hydrogens (tertiary/aromatic N) is 4. The van der Waals surface area contributed by atoms with Gasteiger partial charge in [-0.2, -0.15) is 0 Å². The van der Waals surface area contributed by atoms with E-state index in [9.17, 15) is 9.59 Å². The number of rotatable bonds is 6. The second kappa shape index (κ2) is 9.34. The lowest BCUT2D eigenvalue weighted by Crippen LogP contribution is -2.53. The summed E-state index contributed by atoms with van der Waals surface area (Å²) in [5.74, 6) is 1.89. The van der Waals surface area contributed by atoms with E-state index in [1.165, 1.54) is 0 Å². The smallest absolute Gasteiger partial charge is 0.236 e. The molecule has 2 amide bonds. The molecular weight excluding hydrogens is 348 g/mol. The van der Waals surface area contributed by atoms with Gasteiger partial charge in [-0.15, -0.1) is 0 Å². The Balaban J connectivity index is 1.38. The predicted octanol–water partition coefficient (Wildman–Crippen LogP) is 0.0228. The van der Waals surface area contributed by atoms with Gasteiger partial charge in [-0.25, -0.2) is 0 Å². The van der Waals surface area contributed by atoms with E-state index in [1.807, 2.05) is 24.0 Å². The minimum atomic E-state index is 0.0668. The van der Waals surface area contributed by atoms with Crippen molar-refractivity contribution in [3.8, 4) is 0 Å². The fourth-order valence-electron chi connectivity index (χ4n) is 3.41. The highest BCUT2D eigenvalue weighted by molar-refractivity contribution is 5.79. The van der Waals surface area contributed by atoms with Gasteiger partial charge in [0, 0.05) is 46.3 Å². The highest BCUT2D eigenvalue weighted by Crippen LogP contribution is 2.10. The first-order chi connectivity index (χ1) is 13.0. The Morgan fingerprint density at radius 2 is 1.67 bits per heavy atom. The number of ether oxygens (including phenoxy) is 1. The van der Waals surface area contributed by atoms with E-state index in [-0.39, 0.29) is 11.8 Å². The average Bonchev–Trinajstić information content (AvgIpc) is 3.07. The van der Waals surface area contributed by atoms with Crippen LogP contribution in [0.15, 0.2) is 16.5 Å². The standard InChI is InChI=1S/C19H30N4O4/c1-16-3-4-17(27-16)13-20(2)18(24)14-21-5-7-23(8-6-21)19(25)15-22-9-11-26-12-10-22/h3-4H,5-15H2,1-2H3. The van der Waals surface area contributed by atoms with Gasteiger partial charge < -0.3 is 19.0 Å². The van der Waals surface area contributed by atoms with Crippen LogP contribution in [-0.4, -0.2) is 104 Å². The van der Waals surface area contributed by atoms with E-state index in [0.29, 0.717) is 45.9 Å². The van der Waals surface area contributed by atoms with Crippen molar-refractivity contribution in [3.05, 3.63) is 23.7 Å². The van der Waals surface area contributed by atoms with Crippen LogP contribution in [-0.2, 0) is 20.9 Å². The van der Waals surface area contributed by atoms with Gasteiger partial charge in [0.2, 0.25) is 11.8 Å². The topological polar surface area (TPSA) is 69.5 Å². The molecule has 3 rings (SSSR count). The molecule has 0 unspecified atom stereocenters. The first kappa shape index (κ1) is 19.9. The summed E-state index contributed by atoms with van der Waals surface area (Å²) in [6, 6.07) is 3.80. The monoisotopic (exact) mass is 378 g/mol. The van der Waals surface area contributed by atoms with Crippen LogP contribution in [0.3, 0.4) is 0 Å². The maximum Gasteiger partial charge on any atom is 0.236 e. The fourth-order valence-corrected chi connectivity index (χ4v) is 3.41. The minimum absolute atomic E-state index is 0.0668. The van der Waals surface area contributed by atoms with Crippen molar-refractivity contribution in [2.75, 3.05) is 72.6 Å². The summed E-state index contributed by atoms with van der Waals surface area (Å²) in [5.41, 5.74) is 0. The van der Waals surface area contributed by atoms with Crippen LogP contribution in [0.1, 0.15) is 11.5 Å². The maximum atomic E-state index is 12.4. The molecule has 150 valence electrons. The highest BCUT2D eigenvalue weighted by Gasteiger charge is 2.25. The molecular formula is C19H30N4O4. The molecule has 8 heteroatoms. The van der Waals surface area contributed by atoms with Crippen LogP contribution in [0.5, 0.6) is 0 Å².